The molecule has 0 amide bonds. The third kappa shape index (κ3) is 1.27. The van der Waals surface area contributed by atoms with Crippen LogP contribution in [0.3, 0.4) is 0 Å². The van der Waals surface area contributed by atoms with Gasteiger partial charge in [-0.25, -0.2) is 9.97 Å². The molecular formula is C8H11N3S. The average Bonchev–Trinajstić information content (AvgIpc) is 2.07. The first-order chi connectivity index (χ1) is 5.77. The zero-order chi connectivity index (χ0) is 8.55. The summed E-state index contributed by atoms with van der Waals surface area (Å²) in [5.41, 5.74) is 2.05. The van der Waals surface area contributed by atoms with Crippen LogP contribution in [0.2, 0.25) is 0 Å². The molecule has 12 heavy (non-hydrogen) atoms. The van der Waals surface area contributed by atoms with E-state index in [4.69, 9.17) is 0 Å². The highest BCUT2D eigenvalue weighted by Crippen LogP contribution is 2.27. The fourth-order valence-corrected chi connectivity index (χ4v) is 1.97. The van der Waals surface area contributed by atoms with Crippen molar-refractivity contribution in [3.05, 3.63) is 11.4 Å². The minimum atomic E-state index is 0.953. The number of anilines is 1. The summed E-state index contributed by atoms with van der Waals surface area (Å²) < 4.78 is 0. The lowest BCUT2D eigenvalue weighted by Crippen LogP contribution is -2.14. The Kier molecular flexibility index (Phi) is 1.92. The molecule has 2 heterocycles. The minimum Gasteiger partial charge on any atom is -0.367 e. The van der Waals surface area contributed by atoms with Gasteiger partial charge < -0.3 is 5.32 Å². The molecule has 0 bridgehead atoms. The van der Waals surface area contributed by atoms with Gasteiger partial charge in [-0.05, 0) is 13.8 Å². The molecular weight excluding hydrogens is 170 g/mol. The van der Waals surface area contributed by atoms with E-state index >= 15 is 0 Å². The first kappa shape index (κ1) is 7.86. The van der Waals surface area contributed by atoms with E-state index in [0.717, 1.165) is 34.5 Å². The second kappa shape index (κ2) is 2.94. The molecule has 0 atom stereocenters. The Hall–Kier alpha value is -0.770. The summed E-state index contributed by atoms with van der Waals surface area (Å²) in [4.78, 5) is 8.87. The van der Waals surface area contributed by atoms with E-state index in [2.05, 4.69) is 15.3 Å². The summed E-state index contributed by atoms with van der Waals surface area (Å²) >= 11 is 1.78. The number of aromatic nitrogens is 2. The van der Waals surface area contributed by atoms with Gasteiger partial charge in [-0.3, -0.25) is 0 Å². The molecule has 4 heteroatoms. The van der Waals surface area contributed by atoms with Crippen molar-refractivity contribution in [3.63, 3.8) is 0 Å². The molecule has 1 aliphatic rings. The molecule has 0 spiro atoms. The Bertz CT molecular complexity index is 280. The quantitative estimate of drug-likeness (QED) is 0.660. The van der Waals surface area contributed by atoms with Crippen molar-refractivity contribution < 1.29 is 0 Å². The first-order valence-electron chi connectivity index (χ1n) is 3.99. The van der Waals surface area contributed by atoms with E-state index in [0.29, 0.717) is 0 Å². The van der Waals surface area contributed by atoms with Gasteiger partial charge in [-0.2, -0.15) is 0 Å². The van der Waals surface area contributed by atoms with Crippen molar-refractivity contribution in [3.8, 4) is 0 Å². The molecule has 1 N–H and O–H groups in total. The first-order valence-corrected chi connectivity index (χ1v) is 4.98. The highest BCUT2D eigenvalue weighted by atomic mass is 32.2. The number of nitrogens with zero attached hydrogens (tertiary/aromatic N) is 2. The summed E-state index contributed by atoms with van der Waals surface area (Å²) in [7, 11) is 0. The summed E-state index contributed by atoms with van der Waals surface area (Å²) in [5, 5.41) is 4.28. The van der Waals surface area contributed by atoms with Crippen molar-refractivity contribution in [1.29, 1.82) is 0 Å². The fourth-order valence-electron chi connectivity index (χ4n) is 1.12. The van der Waals surface area contributed by atoms with Crippen molar-refractivity contribution in [2.75, 3.05) is 17.6 Å². The molecule has 0 aromatic carbocycles. The van der Waals surface area contributed by atoms with Gasteiger partial charge in [-0.15, -0.1) is 11.8 Å². The summed E-state index contributed by atoms with van der Waals surface area (Å²) in [6.07, 6.45) is 0. The summed E-state index contributed by atoms with van der Waals surface area (Å²) in [5.74, 6) is 2.04. The van der Waals surface area contributed by atoms with Crippen molar-refractivity contribution >= 4 is 17.6 Å². The van der Waals surface area contributed by atoms with Crippen LogP contribution in [-0.4, -0.2) is 22.3 Å². The number of rotatable bonds is 0. The second-order valence-electron chi connectivity index (χ2n) is 2.82. The van der Waals surface area contributed by atoms with Crippen molar-refractivity contribution in [2.24, 2.45) is 0 Å². The van der Waals surface area contributed by atoms with E-state index < -0.39 is 0 Å². The normalized spacial score (nSPS) is 15.2. The van der Waals surface area contributed by atoms with Gasteiger partial charge in [0.15, 0.2) is 5.82 Å². The molecule has 0 fully saturated rings. The van der Waals surface area contributed by atoms with Crippen LogP contribution in [0.4, 0.5) is 5.82 Å². The molecule has 0 unspecified atom stereocenters. The van der Waals surface area contributed by atoms with Gasteiger partial charge in [0.1, 0.15) is 5.03 Å². The molecule has 64 valence electrons. The molecule has 1 aromatic heterocycles. The monoisotopic (exact) mass is 181 g/mol. The number of nitrogens with one attached hydrogen (secondary N) is 1. The third-order valence-electron chi connectivity index (χ3n) is 1.91. The molecule has 3 nitrogen and oxygen atoms in total. The van der Waals surface area contributed by atoms with E-state index in [9.17, 15) is 0 Å². The highest BCUT2D eigenvalue weighted by molar-refractivity contribution is 7.99. The maximum absolute atomic E-state index is 4.45. The van der Waals surface area contributed by atoms with Crippen LogP contribution >= 0.6 is 11.8 Å². The SMILES string of the molecule is Cc1nc2c(nc1C)SCCN2. The van der Waals surface area contributed by atoms with Crippen LogP contribution < -0.4 is 5.32 Å². The van der Waals surface area contributed by atoms with Gasteiger partial charge in [-0.1, -0.05) is 0 Å². The van der Waals surface area contributed by atoms with Crippen LogP contribution in [-0.2, 0) is 0 Å². The van der Waals surface area contributed by atoms with E-state index in [-0.39, 0.29) is 0 Å². The van der Waals surface area contributed by atoms with Gasteiger partial charge in [0.25, 0.3) is 0 Å². The zero-order valence-electron chi connectivity index (χ0n) is 7.22. The van der Waals surface area contributed by atoms with Gasteiger partial charge in [0, 0.05) is 12.3 Å². The average molecular weight is 181 g/mol. The van der Waals surface area contributed by atoms with Crippen LogP contribution in [0.25, 0.3) is 0 Å². The maximum atomic E-state index is 4.45. The lowest BCUT2D eigenvalue weighted by atomic mass is 10.3. The summed E-state index contributed by atoms with van der Waals surface area (Å²) in [6.45, 7) is 4.98. The highest BCUT2D eigenvalue weighted by Gasteiger charge is 2.12. The number of thioether (sulfide) groups is 1. The lowest BCUT2D eigenvalue weighted by Gasteiger charge is -2.16. The second-order valence-corrected chi connectivity index (χ2v) is 3.91. The molecule has 0 radical (unpaired) electrons. The molecule has 1 aliphatic heterocycles. The van der Waals surface area contributed by atoms with Crippen molar-refractivity contribution in [1.82, 2.24) is 9.97 Å². The molecule has 1 aromatic rings. The third-order valence-corrected chi connectivity index (χ3v) is 2.87. The summed E-state index contributed by atoms with van der Waals surface area (Å²) in [6, 6.07) is 0. The van der Waals surface area contributed by atoms with E-state index in [1.807, 2.05) is 13.8 Å². The predicted octanol–water partition coefficient (Wildman–Crippen LogP) is 1.61. The topological polar surface area (TPSA) is 37.8 Å². The Morgan fingerprint density at radius 2 is 2.00 bits per heavy atom. The van der Waals surface area contributed by atoms with Crippen LogP contribution in [0.15, 0.2) is 5.03 Å². The molecule has 2 rings (SSSR count). The Morgan fingerprint density at radius 1 is 1.25 bits per heavy atom. The fraction of sp³-hybridized carbons (Fsp3) is 0.500. The minimum absolute atomic E-state index is 0.953. The Labute approximate surface area is 76.0 Å². The van der Waals surface area contributed by atoms with Gasteiger partial charge in [0.2, 0.25) is 0 Å². The largest absolute Gasteiger partial charge is 0.367 e. The van der Waals surface area contributed by atoms with Crippen LogP contribution in [0.1, 0.15) is 11.4 Å². The number of fused-ring (bicyclic) bond motifs is 1. The molecule has 0 saturated heterocycles. The molecule has 0 aliphatic carbocycles. The van der Waals surface area contributed by atoms with E-state index in [1.165, 1.54) is 0 Å². The Balaban J connectivity index is 2.49. The van der Waals surface area contributed by atoms with Gasteiger partial charge >= 0.3 is 0 Å². The Morgan fingerprint density at radius 3 is 2.83 bits per heavy atom. The molecule has 0 saturated carbocycles. The zero-order valence-corrected chi connectivity index (χ0v) is 8.03. The standard InChI is InChI=1S/C8H11N3S/c1-5-6(2)11-8-7(10-5)9-3-4-12-8/h3-4H2,1-2H3,(H,9,10). The lowest BCUT2D eigenvalue weighted by molar-refractivity contribution is 0.935. The van der Waals surface area contributed by atoms with Crippen LogP contribution in [0, 0.1) is 13.8 Å². The number of aryl methyl sites for hydroxylation is 2. The van der Waals surface area contributed by atoms with E-state index in [1.54, 1.807) is 11.8 Å². The smallest absolute Gasteiger partial charge is 0.158 e. The number of hydrogen-bond donors (Lipinski definition) is 1. The predicted molar refractivity (Wildman–Crippen MR) is 50.7 cm³/mol. The van der Waals surface area contributed by atoms with Crippen molar-refractivity contribution in [2.45, 2.75) is 18.9 Å². The number of hydrogen-bond acceptors (Lipinski definition) is 4. The van der Waals surface area contributed by atoms with Gasteiger partial charge in [0.05, 0.1) is 11.4 Å². The maximum Gasteiger partial charge on any atom is 0.158 e. The van der Waals surface area contributed by atoms with Crippen LogP contribution in [0.5, 0.6) is 0 Å².